The molecule has 0 aliphatic heterocycles. The molecular weight excluding hydrogens is 250 g/mol. The molecule has 2 aromatic carbocycles. The van der Waals surface area contributed by atoms with E-state index in [0.717, 1.165) is 18.7 Å². The first kappa shape index (κ1) is 14.4. The minimum Gasteiger partial charge on any atom is -0.504 e. The third kappa shape index (κ3) is 3.52. The van der Waals surface area contributed by atoms with Gasteiger partial charge in [0.1, 0.15) is 0 Å². The maximum atomic E-state index is 10.1. The van der Waals surface area contributed by atoms with Crippen LogP contribution < -0.4 is 4.74 Å². The van der Waals surface area contributed by atoms with Gasteiger partial charge in [-0.3, -0.25) is 4.90 Å². The topological polar surface area (TPSA) is 32.7 Å². The van der Waals surface area contributed by atoms with Crippen molar-refractivity contribution in [3.63, 3.8) is 0 Å². The van der Waals surface area contributed by atoms with E-state index in [1.54, 1.807) is 13.2 Å². The fraction of sp³-hybridized carbons (Fsp3) is 0.294. The lowest BCUT2D eigenvalue weighted by Gasteiger charge is -2.21. The Bertz CT molecular complexity index is 540. The summed E-state index contributed by atoms with van der Waals surface area (Å²) in [5, 5.41) is 10.1. The molecule has 0 heterocycles. The molecule has 0 radical (unpaired) electrons. The number of nitrogens with zero attached hydrogens (tertiary/aromatic N) is 1. The first-order valence-corrected chi connectivity index (χ1v) is 6.85. The van der Waals surface area contributed by atoms with Crippen LogP contribution in [0, 0.1) is 0 Å². The van der Waals surface area contributed by atoms with Gasteiger partial charge in [0.15, 0.2) is 11.5 Å². The largest absolute Gasteiger partial charge is 0.504 e. The predicted octanol–water partition coefficient (Wildman–Crippen LogP) is 3.42. The summed E-state index contributed by atoms with van der Waals surface area (Å²) in [4.78, 5) is 2.28. The number of phenols is 1. The quantitative estimate of drug-likeness (QED) is 0.873. The van der Waals surface area contributed by atoms with Gasteiger partial charge in [-0.25, -0.2) is 0 Å². The van der Waals surface area contributed by atoms with Gasteiger partial charge >= 0.3 is 0 Å². The van der Waals surface area contributed by atoms with Gasteiger partial charge in [-0.15, -0.1) is 0 Å². The van der Waals surface area contributed by atoms with E-state index in [0.29, 0.717) is 12.3 Å². The molecule has 20 heavy (non-hydrogen) atoms. The first-order valence-electron chi connectivity index (χ1n) is 6.85. The summed E-state index contributed by atoms with van der Waals surface area (Å²) < 4.78 is 5.15. The Morgan fingerprint density at radius 1 is 1.00 bits per heavy atom. The van der Waals surface area contributed by atoms with Crippen LogP contribution in [0.15, 0.2) is 48.5 Å². The number of hydrogen-bond donors (Lipinski definition) is 1. The zero-order chi connectivity index (χ0) is 14.4. The van der Waals surface area contributed by atoms with Crippen molar-refractivity contribution in [3.8, 4) is 11.5 Å². The van der Waals surface area contributed by atoms with Crippen LogP contribution >= 0.6 is 0 Å². The Hall–Kier alpha value is -2.00. The average molecular weight is 271 g/mol. The van der Waals surface area contributed by atoms with Gasteiger partial charge in [0, 0.05) is 18.7 Å². The Morgan fingerprint density at radius 3 is 2.40 bits per heavy atom. The molecule has 2 rings (SSSR count). The van der Waals surface area contributed by atoms with E-state index in [2.05, 4.69) is 24.0 Å². The molecule has 0 saturated heterocycles. The molecule has 0 atom stereocenters. The maximum Gasteiger partial charge on any atom is 0.162 e. The molecule has 0 spiro atoms. The van der Waals surface area contributed by atoms with Crippen LogP contribution in [0.3, 0.4) is 0 Å². The van der Waals surface area contributed by atoms with Gasteiger partial charge in [0.2, 0.25) is 0 Å². The van der Waals surface area contributed by atoms with E-state index < -0.39 is 0 Å². The third-order valence-electron chi connectivity index (χ3n) is 3.39. The second-order valence-corrected chi connectivity index (χ2v) is 4.76. The highest BCUT2D eigenvalue weighted by Crippen LogP contribution is 2.30. The van der Waals surface area contributed by atoms with E-state index in [9.17, 15) is 5.11 Å². The van der Waals surface area contributed by atoms with E-state index in [4.69, 9.17) is 4.74 Å². The Labute approximate surface area is 120 Å². The summed E-state index contributed by atoms with van der Waals surface area (Å²) in [5.74, 6) is 0.764. The van der Waals surface area contributed by atoms with Crippen LogP contribution in [0.25, 0.3) is 0 Å². The molecule has 0 bridgehead atoms. The van der Waals surface area contributed by atoms with Gasteiger partial charge < -0.3 is 9.84 Å². The predicted molar refractivity (Wildman–Crippen MR) is 80.9 cm³/mol. The number of rotatable bonds is 6. The Morgan fingerprint density at radius 2 is 1.75 bits per heavy atom. The number of phenolic OH excluding ortho intramolecular Hbond substituents is 1. The highest BCUT2D eigenvalue weighted by Gasteiger charge is 2.11. The van der Waals surface area contributed by atoms with Gasteiger partial charge in [-0.2, -0.15) is 0 Å². The Kier molecular flexibility index (Phi) is 5.02. The Balaban J connectivity index is 2.10. The standard InChI is InChI=1S/C17H21NO2/c1-3-18(12-14-8-5-4-6-9-14)13-15-10-7-11-16(20-2)17(15)19/h4-11,19H,3,12-13H2,1-2H3. The molecule has 0 aromatic heterocycles. The monoisotopic (exact) mass is 271 g/mol. The van der Waals surface area contributed by atoms with Crippen LogP contribution in [0.4, 0.5) is 0 Å². The van der Waals surface area contributed by atoms with Crippen LogP contribution in [0.5, 0.6) is 11.5 Å². The fourth-order valence-electron chi connectivity index (χ4n) is 2.22. The third-order valence-corrected chi connectivity index (χ3v) is 3.39. The van der Waals surface area contributed by atoms with Crippen molar-refractivity contribution >= 4 is 0 Å². The van der Waals surface area contributed by atoms with Crippen molar-refractivity contribution in [2.24, 2.45) is 0 Å². The molecule has 0 fully saturated rings. The van der Waals surface area contributed by atoms with E-state index in [1.165, 1.54) is 5.56 Å². The zero-order valence-corrected chi connectivity index (χ0v) is 12.0. The van der Waals surface area contributed by atoms with Crippen molar-refractivity contribution in [2.75, 3.05) is 13.7 Å². The average Bonchev–Trinajstić information content (AvgIpc) is 2.49. The number of para-hydroxylation sites is 1. The van der Waals surface area contributed by atoms with Gasteiger partial charge in [0.05, 0.1) is 7.11 Å². The highest BCUT2D eigenvalue weighted by molar-refractivity contribution is 5.45. The van der Waals surface area contributed by atoms with E-state index in [1.807, 2.05) is 30.3 Å². The highest BCUT2D eigenvalue weighted by atomic mass is 16.5. The maximum absolute atomic E-state index is 10.1. The molecule has 0 aliphatic rings. The lowest BCUT2D eigenvalue weighted by molar-refractivity contribution is 0.265. The molecule has 0 amide bonds. The van der Waals surface area contributed by atoms with Gasteiger partial charge in [0.25, 0.3) is 0 Å². The van der Waals surface area contributed by atoms with Crippen molar-refractivity contribution in [2.45, 2.75) is 20.0 Å². The van der Waals surface area contributed by atoms with Crippen molar-refractivity contribution in [3.05, 3.63) is 59.7 Å². The molecule has 106 valence electrons. The summed E-state index contributed by atoms with van der Waals surface area (Å²) in [7, 11) is 1.57. The normalized spacial score (nSPS) is 10.8. The number of aromatic hydroxyl groups is 1. The molecule has 0 saturated carbocycles. The number of methoxy groups -OCH3 is 1. The molecule has 2 aromatic rings. The summed E-state index contributed by atoms with van der Waals surface area (Å²) >= 11 is 0. The second-order valence-electron chi connectivity index (χ2n) is 4.76. The minimum absolute atomic E-state index is 0.238. The molecule has 0 aliphatic carbocycles. The van der Waals surface area contributed by atoms with Crippen LogP contribution in [0.1, 0.15) is 18.1 Å². The van der Waals surface area contributed by atoms with Crippen molar-refractivity contribution in [1.82, 2.24) is 4.90 Å². The summed E-state index contributed by atoms with van der Waals surface area (Å²) in [6.45, 7) is 4.62. The minimum atomic E-state index is 0.238. The van der Waals surface area contributed by atoms with E-state index >= 15 is 0 Å². The zero-order valence-electron chi connectivity index (χ0n) is 12.0. The molecular formula is C17H21NO2. The molecule has 0 unspecified atom stereocenters. The van der Waals surface area contributed by atoms with Crippen LogP contribution in [0.2, 0.25) is 0 Å². The van der Waals surface area contributed by atoms with Crippen LogP contribution in [-0.4, -0.2) is 23.7 Å². The summed E-state index contributed by atoms with van der Waals surface area (Å²) in [6.07, 6.45) is 0. The summed E-state index contributed by atoms with van der Waals surface area (Å²) in [5.41, 5.74) is 2.17. The second kappa shape index (κ2) is 6.96. The van der Waals surface area contributed by atoms with Crippen molar-refractivity contribution in [1.29, 1.82) is 0 Å². The lowest BCUT2D eigenvalue weighted by Crippen LogP contribution is -2.22. The SMILES string of the molecule is CCN(Cc1ccccc1)Cc1cccc(OC)c1O. The summed E-state index contributed by atoms with van der Waals surface area (Å²) in [6, 6.07) is 16.0. The number of ether oxygens (including phenoxy) is 1. The number of benzene rings is 2. The van der Waals surface area contributed by atoms with E-state index in [-0.39, 0.29) is 5.75 Å². The van der Waals surface area contributed by atoms with Gasteiger partial charge in [-0.1, -0.05) is 49.4 Å². The molecule has 3 nitrogen and oxygen atoms in total. The van der Waals surface area contributed by atoms with Crippen molar-refractivity contribution < 1.29 is 9.84 Å². The van der Waals surface area contributed by atoms with Crippen LogP contribution in [-0.2, 0) is 13.1 Å². The van der Waals surface area contributed by atoms with Gasteiger partial charge in [-0.05, 0) is 18.2 Å². The lowest BCUT2D eigenvalue weighted by atomic mass is 10.1. The number of hydrogen-bond acceptors (Lipinski definition) is 3. The fourth-order valence-corrected chi connectivity index (χ4v) is 2.22. The smallest absolute Gasteiger partial charge is 0.162 e. The molecule has 3 heteroatoms. The molecule has 1 N–H and O–H groups in total. The first-order chi connectivity index (χ1) is 9.74.